The molecule has 1 aliphatic rings. The zero-order valence-corrected chi connectivity index (χ0v) is 18.1. The fourth-order valence-electron chi connectivity index (χ4n) is 3.41. The van der Waals surface area contributed by atoms with Gasteiger partial charge in [0.2, 0.25) is 5.91 Å². The van der Waals surface area contributed by atoms with Crippen LogP contribution >= 0.6 is 11.6 Å². The molecule has 30 heavy (non-hydrogen) atoms. The van der Waals surface area contributed by atoms with Gasteiger partial charge in [0.1, 0.15) is 12.1 Å². The standard InChI is InChI=1S/C22H26ClN3O4/c1-22(2,3)30-21(29)25-12-13-26(18(14-25)16-8-4-5-9-17(16)23)20(28)15-24-11-7-6-10-19(24)27/h4-11,18H,12-15H2,1-3H3/t18-/m1/s1. The monoisotopic (exact) mass is 431 g/mol. The molecule has 160 valence electrons. The van der Waals surface area contributed by atoms with Crippen molar-refractivity contribution in [2.24, 2.45) is 0 Å². The quantitative estimate of drug-likeness (QED) is 0.747. The van der Waals surface area contributed by atoms with Crippen molar-refractivity contribution in [3.8, 4) is 0 Å². The van der Waals surface area contributed by atoms with E-state index in [1.807, 2.05) is 39.0 Å². The zero-order chi connectivity index (χ0) is 21.9. The van der Waals surface area contributed by atoms with Gasteiger partial charge in [-0.2, -0.15) is 0 Å². The average Bonchev–Trinajstić information content (AvgIpc) is 2.68. The Balaban J connectivity index is 1.86. The van der Waals surface area contributed by atoms with Crippen molar-refractivity contribution in [3.05, 3.63) is 69.6 Å². The second kappa shape index (κ2) is 8.92. The van der Waals surface area contributed by atoms with Crippen molar-refractivity contribution in [3.63, 3.8) is 0 Å². The smallest absolute Gasteiger partial charge is 0.410 e. The number of carbonyl (C=O) groups excluding carboxylic acids is 2. The van der Waals surface area contributed by atoms with Gasteiger partial charge in [0.25, 0.3) is 5.56 Å². The lowest BCUT2D eigenvalue weighted by molar-refractivity contribution is -0.137. The summed E-state index contributed by atoms with van der Waals surface area (Å²) in [6.45, 7) is 6.28. The Morgan fingerprint density at radius 3 is 2.47 bits per heavy atom. The number of hydrogen-bond acceptors (Lipinski definition) is 4. The highest BCUT2D eigenvalue weighted by atomic mass is 35.5. The summed E-state index contributed by atoms with van der Waals surface area (Å²) in [5.41, 5.74) is -0.105. The van der Waals surface area contributed by atoms with E-state index in [1.54, 1.807) is 34.2 Å². The van der Waals surface area contributed by atoms with Crippen molar-refractivity contribution in [1.82, 2.24) is 14.4 Å². The molecule has 0 aliphatic carbocycles. The Kier molecular flexibility index (Phi) is 6.51. The van der Waals surface area contributed by atoms with Crippen LogP contribution in [0.4, 0.5) is 4.79 Å². The van der Waals surface area contributed by atoms with Gasteiger partial charge < -0.3 is 19.1 Å². The number of hydrogen-bond donors (Lipinski definition) is 0. The number of benzene rings is 1. The fourth-order valence-corrected chi connectivity index (χ4v) is 3.67. The lowest BCUT2D eigenvalue weighted by Gasteiger charge is -2.42. The summed E-state index contributed by atoms with van der Waals surface area (Å²) in [5.74, 6) is -0.211. The van der Waals surface area contributed by atoms with Crippen LogP contribution in [0.1, 0.15) is 32.4 Å². The third-order valence-electron chi connectivity index (χ3n) is 4.82. The molecule has 0 radical (unpaired) electrons. The lowest BCUT2D eigenvalue weighted by Crippen LogP contribution is -2.54. The Hall–Kier alpha value is -2.80. The van der Waals surface area contributed by atoms with E-state index in [9.17, 15) is 14.4 Å². The first-order valence-electron chi connectivity index (χ1n) is 9.83. The normalized spacial score (nSPS) is 17.0. The molecule has 1 atom stereocenters. The lowest BCUT2D eigenvalue weighted by atomic mass is 10.0. The van der Waals surface area contributed by atoms with Crippen LogP contribution in [0.5, 0.6) is 0 Å². The molecule has 0 bridgehead atoms. The molecule has 1 saturated heterocycles. The first kappa shape index (κ1) is 21.9. The van der Waals surface area contributed by atoms with Crippen LogP contribution in [0.25, 0.3) is 0 Å². The van der Waals surface area contributed by atoms with E-state index in [4.69, 9.17) is 16.3 Å². The SMILES string of the molecule is CC(C)(C)OC(=O)N1CCN(C(=O)Cn2ccccc2=O)[C@@H](c2ccccc2Cl)C1. The summed E-state index contributed by atoms with van der Waals surface area (Å²) in [6, 6.07) is 11.6. The average molecular weight is 432 g/mol. The minimum absolute atomic E-state index is 0.0763. The summed E-state index contributed by atoms with van der Waals surface area (Å²) >= 11 is 6.42. The van der Waals surface area contributed by atoms with Crippen LogP contribution in [-0.2, 0) is 16.1 Å². The molecule has 1 aromatic carbocycles. The number of pyridine rings is 1. The molecule has 0 spiro atoms. The van der Waals surface area contributed by atoms with Crippen molar-refractivity contribution in [2.75, 3.05) is 19.6 Å². The van der Waals surface area contributed by atoms with E-state index in [0.717, 1.165) is 5.56 Å². The Morgan fingerprint density at radius 2 is 1.80 bits per heavy atom. The second-order valence-electron chi connectivity index (χ2n) is 8.22. The number of piperazine rings is 1. The van der Waals surface area contributed by atoms with E-state index in [-0.39, 0.29) is 24.6 Å². The van der Waals surface area contributed by atoms with Gasteiger partial charge in [-0.25, -0.2) is 4.79 Å². The molecule has 3 rings (SSSR count). The topological polar surface area (TPSA) is 71.8 Å². The maximum absolute atomic E-state index is 13.1. The van der Waals surface area contributed by atoms with Crippen LogP contribution in [0.3, 0.4) is 0 Å². The van der Waals surface area contributed by atoms with E-state index in [0.29, 0.717) is 18.1 Å². The molecule has 1 fully saturated rings. The molecule has 7 nitrogen and oxygen atoms in total. The first-order chi connectivity index (χ1) is 14.2. The van der Waals surface area contributed by atoms with E-state index in [2.05, 4.69) is 0 Å². The fraction of sp³-hybridized carbons (Fsp3) is 0.409. The second-order valence-corrected chi connectivity index (χ2v) is 8.62. The highest BCUT2D eigenvalue weighted by Crippen LogP contribution is 2.31. The first-order valence-corrected chi connectivity index (χ1v) is 10.2. The van der Waals surface area contributed by atoms with Crippen molar-refractivity contribution in [2.45, 2.75) is 39.0 Å². The van der Waals surface area contributed by atoms with Gasteiger partial charge in [0.15, 0.2) is 0 Å². The molecular weight excluding hydrogens is 406 g/mol. The maximum atomic E-state index is 13.1. The van der Waals surface area contributed by atoms with Gasteiger partial charge in [-0.15, -0.1) is 0 Å². The van der Waals surface area contributed by atoms with Crippen molar-refractivity contribution >= 4 is 23.6 Å². The summed E-state index contributed by atoms with van der Waals surface area (Å²) in [5, 5.41) is 0.517. The third kappa shape index (κ3) is 5.21. The number of halogens is 1. The number of ether oxygens (including phenoxy) is 1. The van der Waals surface area contributed by atoms with Gasteiger partial charge in [-0.3, -0.25) is 9.59 Å². The minimum atomic E-state index is -0.613. The van der Waals surface area contributed by atoms with E-state index < -0.39 is 17.7 Å². The van der Waals surface area contributed by atoms with Crippen LogP contribution < -0.4 is 5.56 Å². The molecule has 2 aromatic rings. The highest BCUT2D eigenvalue weighted by Gasteiger charge is 2.36. The van der Waals surface area contributed by atoms with Gasteiger partial charge in [-0.05, 0) is 38.5 Å². The van der Waals surface area contributed by atoms with Crippen LogP contribution in [0, 0.1) is 0 Å². The van der Waals surface area contributed by atoms with E-state index in [1.165, 1.54) is 10.6 Å². The molecule has 1 aromatic heterocycles. The molecule has 1 aliphatic heterocycles. The Morgan fingerprint density at radius 1 is 1.10 bits per heavy atom. The molecule has 8 heteroatoms. The van der Waals surface area contributed by atoms with Crippen molar-refractivity contribution in [1.29, 1.82) is 0 Å². The number of nitrogens with zero attached hydrogens (tertiary/aromatic N) is 3. The number of aromatic nitrogens is 1. The molecule has 0 N–H and O–H groups in total. The number of rotatable bonds is 3. The van der Waals surface area contributed by atoms with E-state index >= 15 is 0 Å². The summed E-state index contributed by atoms with van der Waals surface area (Å²) in [6.07, 6.45) is 1.16. The van der Waals surface area contributed by atoms with Crippen LogP contribution in [0.2, 0.25) is 5.02 Å². The molecule has 2 heterocycles. The summed E-state index contributed by atoms with van der Waals surface area (Å²) < 4.78 is 6.87. The molecule has 0 unspecified atom stereocenters. The van der Waals surface area contributed by atoms with Gasteiger partial charge in [0.05, 0.1) is 6.04 Å². The third-order valence-corrected chi connectivity index (χ3v) is 5.17. The number of amides is 2. The predicted molar refractivity (Wildman–Crippen MR) is 114 cm³/mol. The van der Waals surface area contributed by atoms with Crippen molar-refractivity contribution < 1.29 is 14.3 Å². The molecular formula is C22H26ClN3O4. The summed E-state index contributed by atoms with van der Waals surface area (Å²) in [4.78, 5) is 41.0. The van der Waals surface area contributed by atoms with Gasteiger partial charge in [-0.1, -0.05) is 35.9 Å². The maximum Gasteiger partial charge on any atom is 0.410 e. The minimum Gasteiger partial charge on any atom is -0.444 e. The van der Waals surface area contributed by atoms with Gasteiger partial charge >= 0.3 is 6.09 Å². The molecule has 0 saturated carbocycles. The summed E-state index contributed by atoms with van der Waals surface area (Å²) in [7, 11) is 0. The van der Waals surface area contributed by atoms with Crippen LogP contribution in [-0.4, -0.2) is 51.6 Å². The predicted octanol–water partition coefficient (Wildman–Crippen LogP) is 3.32. The number of carbonyl (C=O) groups is 2. The largest absolute Gasteiger partial charge is 0.444 e. The Labute approximate surface area is 180 Å². The highest BCUT2D eigenvalue weighted by molar-refractivity contribution is 6.31. The Bertz CT molecular complexity index is 983. The van der Waals surface area contributed by atoms with Gasteiger partial charge in [0, 0.05) is 36.9 Å². The molecule has 2 amide bonds. The zero-order valence-electron chi connectivity index (χ0n) is 17.4. The van der Waals surface area contributed by atoms with Crippen LogP contribution in [0.15, 0.2) is 53.5 Å².